The third-order valence-corrected chi connectivity index (χ3v) is 4.46. The highest BCUT2D eigenvalue weighted by Crippen LogP contribution is 2.30. The Kier molecular flexibility index (Phi) is 9.99. The third kappa shape index (κ3) is 10.2. The second-order valence-electron chi connectivity index (χ2n) is 8.56. The number of carbonyl (C=O) groups is 1. The van der Waals surface area contributed by atoms with Crippen molar-refractivity contribution in [1.82, 2.24) is 5.32 Å². The van der Waals surface area contributed by atoms with Gasteiger partial charge in [-0.05, 0) is 30.6 Å². The first-order valence-corrected chi connectivity index (χ1v) is 9.00. The van der Waals surface area contributed by atoms with Gasteiger partial charge < -0.3 is 10.4 Å². The van der Waals surface area contributed by atoms with Crippen LogP contribution < -0.4 is 5.32 Å². The summed E-state index contributed by atoms with van der Waals surface area (Å²) in [5, 5.41) is 12.4. The van der Waals surface area contributed by atoms with E-state index in [0.29, 0.717) is 0 Å². The molecule has 0 radical (unpaired) electrons. The van der Waals surface area contributed by atoms with Crippen molar-refractivity contribution < 1.29 is 9.90 Å². The van der Waals surface area contributed by atoms with E-state index in [0.717, 1.165) is 31.7 Å². The summed E-state index contributed by atoms with van der Waals surface area (Å²) >= 11 is 0. The SMILES string of the molecule is CC(C)CCCCCCNC(=O)C(C)(C)CCC(C)(C)CO. The lowest BCUT2D eigenvalue weighted by Crippen LogP contribution is -2.38. The van der Waals surface area contributed by atoms with Crippen LogP contribution in [0.1, 0.15) is 86.5 Å². The Morgan fingerprint density at radius 3 is 2.14 bits per heavy atom. The van der Waals surface area contributed by atoms with E-state index in [-0.39, 0.29) is 23.3 Å². The van der Waals surface area contributed by atoms with Crippen molar-refractivity contribution in [2.75, 3.05) is 13.2 Å². The van der Waals surface area contributed by atoms with Crippen molar-refractivity contribution in [3.05, 3.63) is 0 Å². The topological polar surface area (TPSA) is 49.3 Å². The number of rotatable bonds is 12. The quantitative estimate of drug-likeness (QED) is 0.520. The Balaban J connectivity index is 3.85. The van der Waals surface area contributed by atoms with Gasteiger partial charge in [0, 0.05) is 18.6 Å². The van der Waals surface area contributed by atoms with Crippen LogP contribution in [0.3, 0.4) is 0 Å². The first-order chi connectivity index (χ1) is 10.1. The highest BCUT2D eigenvalue weighted by atomic mass is 16.3. The molecule has 132 valence electrons. The monoisotopic (exact) mass is 313 g/mol. The zero-order valence-electron chi connectivity index (χ0n) is 15.8. The maximum atomic E-state index is 12.3. The molecular formula is C19H39NO2. The Labute approximate surface area is 138 Å². The smallest absolute Gasteiger partial charge is 0.225 e. The number of carbonyl (C=O) groups excluding carboxylic acids is 1. The summed E-state index contributed by atoms with van der Waals surface area (Å²) in [6, 6.07) is 0. The molecule has 2 N–H and O–H groups in total. The molecule has 0 saturated heterocycles. The van der Waals surface area contributed by atoms with Crippen molar-refractivity contribution in [2.45, 2.75) is 86.5 Å². The third-order valence-electron chi connectivity index (χ3n) is 4.46. The van der Waals surface area contributed by atoms with Crippen LogP contribution in [0.25, 0.3) is 0 Å². The van der Waals surface area contributed by atoms with Crippen LogP contribution in [0.5, 0.6) is 0 Å². The minimum absolute atomic E-state index is 0.103. The maximum Gasteiger partial charge on any atom is 0.225 e. The van der Waals surface area contributed by atoms with E-state index < -0.39 is 0 Å². The molecule has 22 heavy (non-hydrogen) atoms. The minimum atomic E-state index is -0.357. The maximum absolute atomic E-state index is 12.3. The molecule has 0 aromatic carbocycles. The van der Waals surface area contributed by atoms with Crippen LogP contribution in [0.15, 0.2) is 0 Å². The highest BCUT2D eigenvalue weighted by molar-refractivity contribution is 5.81. The minimum Gasteiger partial charge on any atom is -0.396 e. The van der Waals surface area contributed by atoms with Crippen molar-refractivity contribution in [1.29, 1.82) is 0 Å². The number of hydrogen-bond acceptors (Lipinski definition) is 2. The van der Waals surface area contributed by atoms with Gasteiger partial charge in [0.15, 0.2) is 0 Å². The largest absolute Gasteiger partial charge is 0.396 e. The molecule has 0 aliphatic heterocycles. The van der Waals surface area contributed by atoms with Gasteiger partial charge >= 0.3 is 0 Å². The molecule has 0 rings (SSSR count). The van der Waals surface area contributed by atoms with Gasteiger partial charge in [0.2, 0.25) is 5.91 Å². The van der Waals surface area contributed by atoms with Crippen LogP contribution in [-0.2, 0) is 4.79 Å². The molecule has 3 heteroatoms. The van der Waals surface area contributed by atoms with E-state index in [9.17, 15) is 9.90 Å². The van der Waals surface area contributed by atoms with Gasteiger partial charge in [-0.15, -0.1) is 0 Å². The second-order valence-corrected chi connectivity index (χ2v) is 8.56. The summed E-state index contributed by atoms with van der Waals surface area (Å²) in [5.41, 5.74) is -0.460. The fourth-order valence-corrected chi connectivity index (χ4v) is 2.32. The molecule has 0 unspecified atom stereocenters. The summed E-state index contributed by atoms with van der Waals surface area (Å²) in [5.74, 6) is 0.937. The molecule has 0 aliphatic carbocycles. The van der Waals surface area contributed by atoms with Crippen molar-refractivity contribution in [3.63, 3.8) is 0 Å². The normalized spacial score (nSPS) is 12.7. The van der Waals surface area contributed by atoms with Gasteiger partial charge in [0.1, 0.15) is 0 Å². The van der Waals surface area contributed by atoms with E-state index in [1.165, 1.54) is 25.7 Å². The number of aliphatic hydroxyl groups excluding tert-OH is 1. The second kappa shape index (κ2) is 10.3. The van der Waals surface area contributed by atoms with E-state index in [1.54, 1.807) is 0 Å². The van der Waals surface area contributed by atoms with Gasteiger partial charge in [0.05, 0.1) is 0 Å². The van der Waals surface area contributed by atoms with Gasteiger partial charge in [-0.3, -0.25) is 4.79 Å². The zero-order chi connectivity index (χ0) is 17.2. The van der Waals surface area contributed by atoms with Crippen molar-refractivity contribution in [2.24, 2.45) is 16.7 Å². The zero-order valence-corrected chi connectivity index (χ0v) is 15.8. The van der Waals surface area contributed by atoms with Crippen LogP contribution in [-0.4, -0.2) is 24.2 Å². The number of nitrogens with one attached hydrogen (secondary N) is 1. The van der Waals surface area contributed by atoms with Crippen molar-refractivity contribution >= 4 is 5.91 Å². The average molecular weight is 314 g/mol. The van der Waals surface area contributed by atoms with Gasteiger partial charge in [-0.25, -0.2) is 0 Å². The predicted octanol–water partition coefficient (Wildman–Crippen LogP) is 4.53. The van der Waals surface area contributed by atoms with E-state index >= 15 is 0 Å². The summed E-state index contributed by atoms with van der Waals surface area (Å²) in [4.78, 5) is 12.3. The summed E-state index contributed by atoms with van der Waals surface area (Å²) in [6.45, 7) is 13.6. The molecule has 0 atom stereocenters. The van der Waals surface area contributed by atoms with Gasteiger partial charge in [-0.2, -0.15) is 0 Å². The first-order valence-electron chi connectivity index (χ1n) is 9.00. The van der Waals surface area contributed by atoms with E-state index in [2.05, 4.69) is 19.2 Å². The fourth-order valence-electron chi connectivity index (χ4n) is 2.32. The molecule has 0 heterocycles. The fraction of sp³-hybridized carbons (Fsp3) is 0.947. The first kappa shape index (κ1) is 21.4. The molecule has 1 amide bonds. The Bertz CT molecular complexity index is 309. The molecule has 0 aromatic rings. The lowest BCUT2D eigenvalue weighted by atomic mass is 9.79. The van der Waals surface area contributed by atoms with Crippen LogP contribution >= 0.6 is 0 Å². The molecule has 0 fully saturated rings. The number of amides is 1. The van der Waals surface area contributed by atoms with Crippen LogP contribution in [0.4, 0.5) is 0 Å². The number of hydrogen-bond donors (Lipinski definition) is 2. The van der Waals surface area contributed by atoms with Crippen LogP contribution in [0.2, 0.25) is 0 Å². The van der Waals surface area contributed by atoms with Gasteiger partial charge in [0.25, 0.3) is 0 Å². The summed E-state index contributed by atoms with van der Waals surface area (Å²) in [6.07, 6.45) is 7.81. The molecule has 0 aromatic heterocycles. The highest BCUT2D eigenvalue weighted by Gasteiger charge is 2.29. The molecule has 0 saturated carbocycles. The van der Waals surface area contributed by atoms with Crippen molar-refractivity contribution in [3.8, 4) is 0 Å². The molecular weight excluding hydrogens is 274 g/mol. The Morgan fingerprint density at radius 2 is 1.59 bits per heavy atom. The standard InChI is InChI=1S/C19H39NO2/c1-16(2)11-9-7-8-10-14-20-17(22)19(5,6)13-12-18(3,4)15-21/h16,21H,7-15H2,1-6H3,(H,20,22). The molecule has 0 spiro atoms. The average Bonchev–Trinajstić information content (AvgIpc) is 2.44. The molecule has 0 bridgehead atoms. The number of aliphatic hydroxyl groups is 1. The predicted molar refractivity (Wildman–Crippen MR) is 94.8 cm³/mol. The number of unbranched alkanes of at least 4 members (excludes halogenated alkanes) is 3. The molecule has 3 nitrogen and oxygen atoms in total. The van der Waals surface area contributed by atoms with Crippen LogP contribution in [0, 0.1) is 16.7 Å². The lowest BCUT2D eigenvalue weighted by Gasteiger charge is -2.29. The molecule has 0 aliphatic rings. The Morgan fingerprint density at radius 1 is 1.00 bits per heavy atom. The lowest BCUT2D eigenvalue weighted by molar-refractivity contribution is -0.130. The Hall–Kier alpha value is -0.570. The van der Waals surface area contributed by atoms with E-state index in [1.807, 2.05) is 27.7 Å². The summed E-state index contributed by atoms with van der Waals surface area (Å²) < 4.78 is 0. The summed E-state index contributed by atoms with van der Waals surface area (Å²) in [7, 11) is 0. The van der Waals surface area contributed by atoms with Gasteiger partial charge in [-0.1, -0.05) is 67.2 Å². The van der Waals surface area contributed by atoms with E-state index in [4.69, 9.17) is 0 Å².